The smallest absolute Gasteiger partial charge is 0.237 e. The number of pyridine rings is 1. The fourth-order valence-corrected chi connectivity index (χ4v) is 1.00. The molecule has 1 N–H and O–H groups in total. The third-order valence-electron chi connectivity index (χ3n) is 1.69. The summed E-state index contributed by atoms with van der Waals surface area (Å²) in [4.78, 5) is 14.4. The Hall–Kier alpha value is -1.58. The van der Waals surface area contributed by atoms with Gasteiger partial charge in [0, 0.05) is 5.69 Å². The minimum absolute atomic E-state index is 0.450. The monoisotopic (exact) mass is 180 g/mol. The topological polar surface area (TPSA) is 51.2 Å². The van der Waals surface area contributed by atoms with Crippen molar-refractivity contribution < 1.29 is 9.53 Å². The van der Waals surface area contributed by atoms with Crippen LogP contribution >= 0.6 is 0 Å². The Morgan fingerprint density at radius 3 is 2.92 bits per heavy atom. The summed E-state index contributed by atoms with van der Waals surface area (Å²) >= 11 is 0. The van der Waals surface area contributed by atoms with Crippen LogP contribution in [0.15, 0.2) is 12.1 Å². The van der Waals surface area contributed by atoms with Crippen LogP contribution in [0.2, 0.25) is 0 Å². The average molecular weight is 180 g/mol. The molecular weight excluding hydrogens is 168 g/mol. The van der Waals surface area contributed by atoms with Crippen LogP contribution in [0.5, 0.6) is 5.88 Å². The van der Waals surface area contributed by atoms with E-state index in [9.17, 15) is 4.79 Å². The van der Waals surface area contributed by atoms with E-state index in [0.29, 0.717) is 18.0 Å². The number of aryl methyl sites for hydroxylation is 1. The first kappa shape index (κ1) is 9.51. The lowest BCUT2D eigenvalue weighted by Gasteiger charge is -2.06. The molecule has 4 nitrogen and oxygen atoms in total. The average Bonchev–Trinajstić information content (AvgIpc) is 2.19. The molecule has 0 aliphatic heterocycles. The molecule has 70 valence electrons. The normalized spacial score (nSPS) is 9.38. The largest absolute Gasteiger partial charge is 0.480 e. The van der Waals surface area contributed by atoms with E-state index in [4.69, 9.17) is 4.74 Å². The summed E-state index contributed by atoms with van der Waals surface area (Å²) in [7, 11) is 1.53. The Morgan fingerprint density at radius 1 is 1.62 bits per heavy atom. The predicted molar refractivity (Wildman–Crippen MR) is 49.9 cm³/mol. The van der Waals surface area contributed by atoms with Gasteiger partial charge in [-0.15, -0.1) is 0 Å². The number of carbonyl (C=O) groups is 1. The van der Waals surface area contributed by atoms with Gasteiger partial charge in [0.15, 0.2) is 0 Å². The van der Waals surface area contributed by atoms with Crippen LogP contribution in [0.3, 0.4) is 0 Å². The molecule has 1 heterocycles. The Balaban J connectivity index is 3.00. The van der Waals surface area contributed by atoms with Crippen LogP contribution in [-0.4, -0.2) is 18.5 Å². The van der Waals surface area contributed by atoms with Crippen molar-refractivity contribution in [3.05, 3.63) is 17.8 Å². The molecule has 0 fully saturated rings. The molecule has 4 heteroatoms. The number of carbonyl (C=O) groups excluding carboxylic acids is 1. The molecule has 0 atom stereocenters. The van der Waals surface area contributed by atoms with Gasteiger partial charge in [0.2, 0.25) is 12.3 Å². The van der Waals surface area contributed by atoms with Crippen molar-refractivity contribution >= 4 is 12.1 Å². The van der Waals surface area contributed by atoms with Crippen molar-refractivity contribution in [1.82, 2.24) is 4.98 Å². The van der Waals surface area contributed by atoms with E-state index in [1.165, 1.54) is 7.11 Å². The van der Waals surface area contributed by atoms with Crippen LogP contribution in [0.25, 0.3) is 0 Å². The first-order chi connectivity index (χ1) is 6.31. The van der Waals surface area contributed by atoms with E-state index in [0.717, 1.165) is 12.1 Å². The van der Waals surface area contributed by atoms with Gasteiger partial charge < -0.3 is 10.1 Å². The van der Waals surface area contributed by atoms with Crippen molar-refractivity contribution in [3.63, 3.8) is 0 Å². The summed E-state index contributed by atoms with van der Waals surface area (Å²) in [6.45, 7) is 2.01. The highest BCUT2D eigenvalue weighted by atomic mass is 16.5. The third kappa shape index (κ3) is 2.18. The number of ether oxygens (including phenoxy) is 1. The summed E-state index contributed by atoms with van der Waals surface area (Å²) < 4.78 is 5.01. The molecule has 1 aromatic heterocycles. The second kappa shape index (κ2) is 4.45. The molecule has 1 rings (SSSR count). The van der Waals surface area contributed by atoms with Crippen LogP contribution in [-0.2, 0) is 11.2 Å². The first-order valence-electron chi connectivity index (χ1n) is 4.06. The number of nitrogens with one attached hydrogen (secondary N) is 1. The second-order valence-electron chi connectivity index (χ2n) is 2.48. The molecule has 0 aliphatic carbocycles. The molecule has 0 spiro atoms. The quantitative estimate of drug-likeness (QED) is 0.709. The van der Waals surface area contributed by atoms with Crippen LogP contribution in [0.4, 0.5) is 5.69 Å². The van der Waals surface area contributed by atoms with Crippen LogP contribution < -0.4 is 10.1 Å². The fourth-order valence-electron chi connectivity index (χ4n) is 1.00. The SMILES string of the molecule is CCc1ccc(NC=O)c(OC)n1. The van der Waals surface area contributed by atoms with Gasteiger partial charge in [0.25, 0.3) is 0 Å². The van der Waals surface area contributed by atoms with E-state index in [1.54, 1.807) is 6.07 Å². The van der Waals surface area contributed by atoms with Crippen LogP contribution in [0.1, 0.15) is 12.6 Å². The zero-order valence-electron chi connectivity index (χ0n) is 7.70. The zero-order valence-corrected chi connectivity index (χ0v) is 7.70. The molecule has 0 aliphatic rings. The molecule has 1 aromatic rings. The molecule has 0 bridgehead atoms. The van der Waals surface area contributed by atoms with Crippen molar-refractivity contribution in [2.45, 2.75) is 13.3 Å². The molecule has 1 amide bonds. The lowest BCUT2D eigenvalue weighted by Crippen LogP contribution is -2.00. The maximum Gasteiger partial charge on any atom is 0.237 e. The van der Waals surface area contributed by atoms with Crippen molar-refractivity contribution in [2.24, 2.45) is 0 Å². The highest BCUT2D eigenvalue weighted by Gasteiger charge is 2.03. The number of hydrogen-bond acceptors (Lipinski definition) is 3. The van der Waals surface area contributed by atoms with Crippen molar-refractivity contribution in [3.8, 4) is 5.88 Å². The van der Waals surface area contributed by atoms with Gasteiger partial charge in [-0.1, -0.05) is 6.92 Å². The number of aromatic nitrogens is 1. The molecule has 0 unspecified atom stereocenters. The Kier molecular flexibility index (Phi) is 3.25. The van der Waals surface area contributed by atoms with E-state index in [2.05, 4.69) is 10.3 Å². The number of hydrogen-bond donors (Lipinski definition) is 1. The summed E-state index contributed by atoms with van der Waals surface area (Å²) in [5, 5.41) is 2.51. The number of methoxy groups -OCH3 is 1. The number of nitrogens with zero attached hydrogens (tertiary/aromatic N) is 1. The summed E-state index contributed by atoms with van der Waals surface area (Å²) in [5.74, 6) is 0.450. The predicted octanol–water partition coefficient (Wildman–Crippen LogP) is 1.22. The van der Waals surface area contributed by atoms with E-state index in [-0.39, 0.29) is 0 Å². The Morgan fingerprint density at radius 2 is 2.38 bits per heavy atom. The highest BCUT2D eigenvalue weighted by Crippen LogP contribution is 2.20. The second-order valence-corrected chi connectivity index (χ2v) is 2.48. The van der Waals surface area contributed by atoms with Crippen molar-refractivity contribution in [1.29, 1.82) is 0 Å². The van der Waals surface area contributed by atoms with E-state index < -0.39 is 0 Å². The van der Waals surface area contributed by atoms with E-state index >= 15 is 0 Å². The van der Waals surface area contributed by atoms with Gasteiger partial charge in [-0.25, -0.2) is 4.98 Å². The summed E-state index contributed by atoms with van der Waals surface area (Å²) in [6.07, 6.45) is 1.45. The molecule has 0 aromatic carbocycles. The number of anilines is 1. The highest BCUT2D eigenvalue weighted by molar-refractivity contribution is 5.74. The molecular formula is C9H12N2O2. The zero-order chi connectivity index (χ0) is 9.68. The van der Waals surface area contributed by atoms with Gasteiger partial charge in [-0.3, -0.25) is 4.79 Å². The molecule has 13 heavy (non-hydrogen) atoms. The maximum absolute atomic E-state index is 10.2. The standard InChI is InChI=1S/C9H12N2O2/c1-3-7-4-5-8(10-6-12)9(11-7)13-2/h4-6H,3H2,1-2H3,(H,10,12). The minimum Gasteiger partial charge on any atom is -0.480 e. The summed E-state index contributed by atoms with van der Waals surface area (Å²) in [6, 6.07) is 3.63. The molecule has 0 saturated carbocycles. The molecule has 0 saturated heterocycles. The minimum atomic E-state index is 0.450. The fraction of sp³-hybridized carbons (Fsp3) is 0.333. The third-order valence-corrected chi connectivity index (χ3v) is 1.69. The van der Waals surface area contributed by atoms with Crippen LogP contribution in [0, 0.1) is 0 Å². The van der Waals surface area contributed by atoms with Gasteiger partial charge in [-0.05, 0) is 18.6 Å². The lowest BCUT2D eigenvalue weighted by molar-refractivity contribution is -0.105. The first-order valence-corrected chi connectivity index (χ1v) is 4.06. The Bertz CT molecular complexity index is 300. The Labute approximate surface area is 76.9 Å². The maximum atomic E-state index is 10.2. The number of rotatable bonds is 4. The van der Waals surface area contributed by atoms with E-state index in [1.807, 2.05) is 13.0 Å². The van der Waals surface area contributed by atoms with Crippen molar-refractivity contribution in [2.75, 3.05) is 12.4 Å². The van der Waals surface area contributed by atoms with Gasteiger partial charge in [0.05, 0.1) is 7.11 Å². The molecule has 0 radical (unpaired) electrons. The lowest BCUT2D eigenvalue weighted by atomic mass is 10.3. The van der Waals surface area contributed by atoms with Gasteiger partial charge >= 0.3 is 0 Å². The summed E-state index contributed by atoms with van der Waals surface area (Å²) in [5.41, 5.74) is 1.53. The van der Waals surface area contributed by atoms with Gasteiger partial charge in [0.1, 0.15) is 5.69 Å². The number of amides is 1. The van der Waals surface area contributed by atoms with Gasteiger partial charge in [-0.2, -0.15) is 0 Å².